The fourth-order valence-electron chi connectivity index (χ4n) is 2.77. The maximum absolute atomic E-state index is 14.9. The standard InChI is InChI=1S/C18H11BrF10O/c1-2-9-7-11(15(20,16(21,22)23)17(24,25)26)14(12(19)8-9)10-5-3-4-6-13(10)30-18(27,28)29/h3-8H,2H2,1H3. The third-order valence-electron chi connectivity index (χ3n) is 4.09. The molecule has 2 rings (SSSR count). The van der Waals surface area contributed by atoms with Crippen LogP contribution in [0.1, 0.15) is 18.1 Å². The summed E-state index contributed by atoms with van der Waals surface area (Å²) in [6.45, 7) is 1.40. The van der Waals surface area contributed by atoms with Gasteiger partial charge in [0.1, 0.15) is 5.75 Å². The van der Waals surface area contributed by atoms with Gasteiger partial charge in [0.25, 0.3) is 0 Å². The maximum Gasteiger partial charge on any atom is 0.573 e. The number of hydrogen-bond acceptors (Lipinski definition) is 1. The van der Waals surface area contributed by atoms with Crippen molar-refractivity contribution in [2.45, 2.75) is 37.7 Å². The van der Waals surface area contributed by atoms with Crippen LogP contribution in [0.4, 0.5) is 43.9 Å². The van der Waals surface area contributed by atoms with Gasteiger partial charge in [0.15, 0.2) is 0 Å². The predicted molar refractivity (Wildman–Crippen MR) is 90.5 cm³/mol. The van der Waals surface area contributed by atoms with E-state index in [1.807, 2.05) is 0 Å². The lowest BCUT2D eigenvalue weighted by atomic mass is 9.85. The van der Waals surface area contributed by atoms with E-state index in [4.69, 9.17) is 0 Å². The van der Waals surface area contributed by atoms with E-state index < -0.39 is 51.3 Å². The summed E-state index contributed by atoms with van der Waals surface area (Å²) in [5, 5.41) is 0. The molecule has 166 valence electrons. The molecule has 2 aromatic carbocycles. The normalized spacial score (nSPS) is 13.5. The Morgan fingerprint density at radius 3 is 1.83 bits per heavy atom. The zero-order valence-corrected chi connectivity index (χ0v) is 16.3. The monoisotopic (exact) mass is 512 g/mol. The van der Waals surface area contributed by atoms with Gasteiger partial charge in [-0.25, -0.2) is 4.39 Å². The smallest absolute Gasteiger partial charge is 0.405 e. The summed E-state index contributed by atoms with van der Waals surface area (Å²) in [7, 11) is 0. The summed E-state index contributed by atoms with van der Waals surface area (Å²) in [4.78, 5) is 0. The predicted octanol–water partition coefficient (Wildman–Crippen LogP) is 7.87. The third kappa shape index (κ3) is 4.52. The van der Waals surface area contributed by atoms with E-state index in [-0.39, 0.29) is 12.0 Å². The SMILES string of the molecule is CCc1cc(Br)c(-c2ccccc2OC(F)(F)F)c(C(F)(C(F)(F)F)C(F)(F)F)c1. The summed E-state index contributed by atoms with van der Waals surface area (Å²) in [5.74, 6) is -1.09. The van der Waals surface area contributed by atoms with E-state index in [2.05, 4.69) is 20.7 Å². The van der Waals surface area contributed by atoms with E-state index in [9.17, 15) is 43.9 Å². The number of halogens is 11. The Bertz CT molecular complexity index is 901. The first-order valence-corrected chi connectivity index (χ1v) is 8.82. The molecule has 0 N–H and O–H groups in total. The lowest BCUT2D eigenvalue weighted by molar-refractivity contribution is -0.348. The van der Waals surface area contributed by atoms with Crippen LogP contribution in [0.2, 0.25) is 0 Å². The average Bonchev–Trinajstić information content (AvgIpc) is 2.57. The van der Waals surface area contributed by atoms with Crippen LogP contribution in [0.3, 0.4) is 0 Å². The number of rotatable bonds is 4. The Morgan fingerprint density at radius 1 is 0.833 bits per heavy atom. The van der Waals surface area contributed by atoms with Crippen molar-refractivity contribution >= 4 is 15.9 Å². The van der Waals surface area contributed by atoms with Gasteiger partial charge in [0, 0.05) is 21.2 Å². The molecule has 0 fully saturated rings. The molecule has 0 saturated heterocycles. The summed E-state index contributed by atoms with van der Waals surface area (Å²) >= 11 is 2.78. The number of ether oxygens (including phenoxy) is 1. The molecule has 0 heterocycles. The van der Waals surface area contributed by atoms with E-state index in [0.717, 1.165) is 24.3 Å². The Morgan fingerprint density at radius 2 is 1.37 bits per heavy atom. The van der Waals surface area contributed by atoms with Crippen molar-refractivity contribution in [2.75, 3.05) is 0 Å². The molecule has 0 radical (unpaired) electrons. The van der Waals surface area contributed by atoms with Gasteiger partial charge in [0.05, 0.1) is 0 Å². The summed E-state index contributed by atoms with van der Waals surface area (Å²) in [6.07, 6.45) is -18.3. The highest BCUT2D eigenvalue weighted by molar-refractivity contribution is 9.10. The molecule has 0 spiro atoms. The first-order chi connectivity index (χ1) is 13.5. The first kappa shape index (κ1) is 24.3. The molecular formula is C18H11BrF10O. The first-order valence-electron chi connectivity index (χ1n) is 8.03. The largest absolute Gasteiger partial charge is 0.573 e. The lowest BCUT2D eigenvalue weighted by Crippen LogP contribution is -2.50. The van der Waals surface area contributed by atoms with Crippen molar-refractivity contribution in [3.63, 3.8) is 0 Å². The van der Waals surface area contributed by atoms with Gasteiger partial charge in [-0.3, -0.25) is 0 Å². The van der Waals surface area contributed by atoms with Crippen LogP contribution in [0.25, 0.3) is 11.1 Å². The van der Waals surface area contributed by atoms with Gasteiger partial charge >= 0.3 is 24.4 Å². The molecular weight excluding hydrogens is 502 g/mol. The van der Waals surface area contributed by atoms with Crippen LogP contribution in [0.5, 0.6) is 5.75 Å². The molecule has 30 heavy (non-hydrogen) atoms. The second kappa shape index (κ2) is 7.93. The highest BCUT2D eigenvalue weighted by Gasteiger charge is 2.74. The molecule has 0 amide bonds. The highest BCUT2D eigenvalue weighted by Crippen LogP contribution is 2.57. The molecule has 0 aliphatic carbocycles. The molecule has 0 unspecified atom stereocenters. The Kier molecular flexibility index (Phi) is 6.42. The van der Waals surface area contributed by atoms with Crippen LogP contribution in [-0.4, -0.2) is 18.7 Å². The lowest BCUT2D eigenvalue weighted by Gasteiger charge is -2.33. The molecule has 0 atom stereocenters. The Balaban J connectivity index is 2.98. The number of para-hydroxylation sites is 1. The van der Waals surface area contributed by atoms with Crippen LogP contribution in [0, 0.1) is 0 Å². The summed E-state index contributed by atoms with van der Waals surface area (Å²) in [5.41, 5.74) is -9.73. The minimum atomic E-state index is -6.45. The minimum absolute atomic E-state index is 0.0711. The van der Waals surface area contributed by atoms with E-state index >= 15 is 0 Å². The van der Waals surface area contributed by atoms with Crippen LogP contribution < -0.4 is 4.74 Å². The minimum Gasteiger partial charge on any atom is -0.405 e. The Hall–Kier alpha value is -1.98. The fourth-order valence-corrected chi connectivity index (χ4v) is 3.49. The second-order valence-electron chi connectivity index (χ2n) is 6.05. The van der Waals surface area contributed by atoms with Crippen molar-refractivity contribution in [1.82, 2.24) is 0 Å². The number of hydrogen-bond donors (Lipinski definition) is 0. The topological polar surface area (TPSA) is 9.23 Å². The molecule has 0 aliphatic rings. The molecule has 0 aliphatic heterocycles. The second-order valence-corrected chi connectivity index (χ2v) is 6.91. The van der Waals surface area contributed by atoms with Gasteiger partial charge in [0.2, 0.25) is 0 Å². The zero-order chi connectivity index (χ0) is 23.1. The fraction of sp³-hybridized carbons (Fsp3) is 0.333. The van der Waals surface area contributed by atoms with E-state index in [1.165, 1.54) is 6.92 Å². The van der Waals surface area contributed by atoms with Gasteiger partial charge in [-0.15, -0.1) is 13.2 Å². The van der Waals surface area contributed by atoms with Gasteiger partial charge in [-0.05, 0) is 24.1 Å². The maximum atomic E-state index is 14.9. The van der Waals surface area contributed by atoms with Crippen LogP contribution >= 0.6 is 15.9 Å². The Labute approximate surface area is 171 Å². The van der Waals surface area contributed by atoms with Crippen molar-refractivity contribution < 1.29 is 48.6 Å². The number of benzene rings is 2. The van der Waals surface area contributed by atoms with Crippen molar-refractivity contribution in [3.05, 3.63) is 52.0 Å². The van der Waals surface area contributed by atoms with Gasteiger partial charge in [-0.2, -0.15) is 26.3 Å². The molecule has 1 nitrogen and oxygen atoms in total. The summed E-state index contributed by atoms with van der Waals surface area (Å²) in [6, 6.07) is 5.00. The van der Waals surface area contributed by atoms with E-state index in [0.29, 0.717) is 12.1 Å². The molecule has 0 saturated carbocycles. The average molecular weight is 513 g/mol. The molecule has 0 aromatic heterocycles. The number of alkyl halides is 10. The van der Waals surface area contributed by atoms with E-state index in [1.54, 1.807) is 0 Å². The van der Waals surface area contributed by atoms with Crippen LogP contribution in [0.15, 0.2) is 40.9 Å². The van der Waals surface area contributed by atoms with Gasteiger partial charge < -0.3 is 4.74 Å². The molecule has 12 heteroatoms. The quantitative estimate of drug-likeness (QED) is 0.379. The third-order valence-corrected chi connectivity index (χ3v) is 4.72. The molecule has 0 bridgehead atoms. The van der Waals surface area contributed by atoms with Crippen molar-refractivity contribution in [2.24, 2.45) is 0 Å². The van der Waals surface area contributed by atoms with Crippen molar-refractivity contribution in [1.29, 1.82) is 0 Å². The number of aryl methyl sites for hydroxylation is 1. The van der Waals surface area contributed by atoms with Gasteiger partial charge in [-0.1, -0.05) is 47.1 Å². The highest BCUT2D eigenvalue weighted by atomic mass is 79.9. The zero-order valence-electron chi connectivity index (χ0n) is 14.7. The summed E-state index contributed by atoms with van der Waals surface area (Å²) < 4.78 is 137. The van der Waals surface area contributed by atoms with Crippen LogP contribution in [-0.2, 0) is 12.1 Å². The molecule has 2 aromatic rings. The van der Waals surface area contributed by atoms with Crippen molar-refractivity contribution in [3.8, 4) is 16.9 Å².